The largest absolute Gasteiger partial charge is 0.392 e. The first kappa shape index (κ1) is 8.53. The number of rotatable bonds is 1. The average Bonchev–Trinajstić information content (AvgIpc) is 2.32. The number of hydrogen-bond acceptors (Lipinski definition) is 3. The molecule has 0 unspecified atom stereocenters. The first-order chi connectivity index (χ1) is 5.04. The van der Waals surface area contributed by atoms with Crippen LogP contribution in [0.25, 0.3) is 0 Å². The Bertz CT molecular complexity index is 169. The van der Waals surface area contributed by atoms with Gasteiger partial charge in [-0.3, -0.25) is 0 Å². The fourth-order valence-corrected chi connectivity index (χ4v) is 0.969. The molecule has 1 N–H and O–H groups in total. The molecular weight excluding hydrogens is 142 g/mol. The molecule has 3 nitrogen and oxygen atoms in total. The third kappa shape index (κ3) is 1.93. The van der Waals surface area contributed by atoms with E-state index in [1.54, 1.807) is 0 Å². The van der Waals surface area contributed by atoms with Crippen LogP contribution in [0.1, 0.15) is 27.2 Å². The molecule has 0 bridgehead atoms. The van der Waals surface area contributed by atoms with Gasteiger partial charge in [0.05, 0.1) is 12.3 Å². The molecule has 0 aromatic rings. The van der Waals surface area contributed by atoms with Crippen LogP contribution in [0.2, 0.25) is 0 Å². The minimum atomic E-state index is -0.107. The summed E-state index contributed by atoms with van der Waals surface area (Å²) in [4.78, 5) is 4.98. The molecule has 1 aliphatic heterocycles. The van der Waals surface area contributed by atoms with Gasteiger partial charge >= 0.3 is 0 Å². The van der Waals surface area contributed by atoms with Gasteiger partial charge in [0.2, 0.25) is 0 Å². The molecule has 3 heteroatoms. The second-order valence-electron chi connectivity index (χ2n) is 3.90. The van der Waals surface area contributed by atoms with Gasteiger partial charge < -0.3 is 9.94 Å². The van der Waals surface area contributed by atoms with E-state index in [0.29, 0.717) is 0 Å². The summed E-state index contributed by atoms with van der Waals surface area (Å²) in [6.45, 7) is 6.34. The molecule has 0 aromatic carbocycles. The van der Waals surface area contributed by atoms with Crippen molar-refractivity contribution in [1.82, 2.24) is 0 Å². The Morgan fingerprint density at radius 2 is 2.27 bits per heavy atom. The average molecular weight is 157 g/mol. The summed E-state index contributed by atoms with van der Waals surface area (Å²) in [5.41, 5.74) is 1.11. The van der Waals surface area contributed by atoms with Gasteiger partial charge in [-0.25, -0.2) is 0 Å². The molecular formula is C8H15NO2. The van der Waals surface area contributed by atoms with E-state index in [-0.39, 0.29) is 18.1 Å². The highest BCUT2D eigenvalue weighted by Gasteiger charge is 2.28. The van der Waals surface area contributed by atoms with Crippen molar-refractivity contribution < 1.29 is 9.94 Å². The quantitative estimate of drug-likeness (QED) is 0.620. The fraction of sp³-hybridized carbons (Fsp3) is 0.875. The van der Waals surface area contributed by atoms with E-state index in [9.17, 15) is 0 Å². The summed E-state index contributed by atoms with van der Waals surface area (Å²) in [6.07, 6.45) is 0.657. The fourth-order valence-electron chi connectivity index (χ4n) is 0.969. The maximum absolute atomic E-state index is 8.75. The summed E-state index contributed by atoms with van der Waals surface area (Å²) in [6, 6.07) is 0. The molecule has 0 aromatic heterocycles. The van der Waals surface area contributed by atoms with Crippen LogP contribution in [0.5, 0.6) is 0 Å². The number of aliphatic hydroxyl groups excluding tert-OH is 1. The molecule has 64 valence electrons. The van der Waals surface area contributed by atoms with Crippen molar-refractivity contribution in [2.24, 2.45) is 10.6 Å². The molecule has 0 aliphatic carbocycles. The standard InChI is InChI=1S/C8H15NO2/c1-8(2,3)7-4-6(5-10)11-9-7/h6,10H,4-5H2,1-3H3/t6-/m0/s1. The number of hydrogen-bond donors (Lipinski definition) is 1. The van der Waals surface area contributed by atoms with Crippen molar-refractivity contribution in [3.63, 3.8) is 0 Å². The minimum absolute atomic E-state index is 0.0586. The van der Waals surface area contributed by atoms with Crippen molar-refractivity contribution in [3.05, 3.63) is 0 Å². The molecule has 11 heavy (non-hydrogen) atoms. The lowest BCUT2D eigenvalue weighted by atomic mass is 9.87. The van der Waals surface area contributed by atoms with Gasteiger partial charge in [-0.2, -0.15) is 0 Å². The molecule has 1 heterocycles. The maximum atomic E-state index is 8.75. The van der Waals surface area contributed by atoms with Gasteiger partial charge in [0.25, 0.3) is 0 Å². The third-order valence-electron chi connectivity index (χ3n) is 1.80. The van der Waals surface area contributed by atoms with Crippen LogP contribution < -0.4 is 0 Å². The van der Waals surface area contributed by atoms with Crippen molar-refractivity contribution in [1.29, 1.82) is 0 Å². The molecule has 1 aliphatic rings. The van der Waals surface area contributed by atoms with Crippen molar-refractivity contribution >= 4 is 5.71 Å². The maximum Gasteiger partial charge on any atom is 0.155 e. The Balaban J connectivity index is 2.53. The van der Waals surface area contributed by atoms with E-state index < -0.39 is 0 Å². The highest BCUT2D eigenvalue weighted by Crippen LogP contribution is 2.24. The Morgan fingerprint density at radius 1 is 1.64 bits per heavy atom. The highest BCUT2D eigenvalue weighted by atomic mass is 16.6. The Morgan fingerprint density at radius 3 is 2.55 bits per heavy atom. The topological polar surface area (TPSA) is 41.8 Å². The van der Waals surface area contributed by atoms with E-state index in [0.717, 1.165) is 12.1 Å². The van der Waals surface area contributed by atoms with Crippen LogP contribution in [-0.4, -0.2) is 23.5 Å². The molecule has 0 radical (unpaired) electrons. The van der Waals surface area contributed by atoms with Gasteiger partial charge in [-0.15, -0.1) is 0 Å². The minimum Gasteiger partial charge on any atom is -0.392 e. The predicted octanol–water partition coefficient (Wildman–Crippen LogP) is 1.17. The summed E-state index contributed by atoms with van der Waals surface area (Å²) in [5, 5.41) is 12.7. The monoisotopic (exact) mass is 157 g/mol. The van der Waals surface area contributed by atoms with E-state index >= 15 is 0 Å². The summed E-state index contributed by atoms with van der Waals surface area (Å²) < 4.78 is 0. The lowest BCUT2D eigenvalue weighted by Gasteiger charge is -2.16. The molecule has 1 rings (SSSR count). The SMILES string of the molecule is CC(C)(C)C1=NO[C@H](CO)C1. The first-order valence-corrected chi connectivity index (χ1v) is 3.88. The van der Waals surface area contributed by atoms with Crippen molar-refractivity contribution in [2.45, 2.75) is 33.3 Å². The van der Waals surface area contributed by atoms with Crippen LogP contribution in [0, 0.1) is 5.41 Å². The highest BCUT2D eigenvalue weighted by molar-refractivity contribution is 5.90. The number of aliphatic hydroxyl groups is 1. The second kappa shape index (κ2) is 2.81. The van der Waals surface area contributed by atoms with Gasteiger partial charge in [0.1, 0.15) is 0 Å². The normalized spacial score (nSPS) is 24.7. The molecule has 0 amide bonds. The molecule has 1 atom stereocenters. The van der Waals surface area contributed by atoms with Crippen LogP contribution in [0.15, 0.2) is 5.16 Å². The first-order valence-electron chi connectivity index (χ1n) is 3.88. The van der Waals surface area contributed by atoms with Crippen LogP contribution >= 0.6 is 0 Å². The van der Waals surface area contributed by atoms with Gasteiger partial charge in [0, 0.05) is 11.8 Å². The van der Waals surface area contributed by atoms with E-state index in [2.05, 4.69) is 25.9 Å². The Labute approximate surface area is 67.0 Å². The molecule has 0 saturated heterocycles. The van der Waals surface area contributed by atoms with Gasteiger partial charge in [-0.05, 0) is 0 Å². The number of oxime groups is 1. The smallest absolute Gasteiger partial charge is 0.155 e. The number of nitrogens with zero attached hydrogens (tertiary/aromatic N) is 1. The zero-order chi connectivity index (χ0) is 8.48. The van der Waals surface area contributed by atoms with Gasteiger partial charge in [-0.1, -0.05) is 25.9 Å². The van der Waals surface area contributed by atoms with Crippen LogP contribution in [0.3, 0.4) is 0 Å². The van der Waals surface area contributed by atoms with Crippen molar-refractivity contribution in [2.75, 3.05) is 6.61 Å². The summed E-state index contributed by atoms with van der Waals surface area (Å²) >= 11 is 0. The third-order valence-corrected chi connectivity index (χ3v) is 1.80. The lowest BCUT2D eigenvalue weighted by molar-refractivity contribution is 0.0390. The lowest BCUT2D eigenvalue weighted by Crippen LogP contribution is -2.21. The summed E-state index contributed by atoms with van der Waals surface area (Å²) in [7, 11) is 0. The Hall–Kier alpha value is -0.570. The molecule has 0 spiro atoms. The van der Waals surface area contributed by atoms with E-state index in [1.165, 1.54) is 0 Å². The summed E-state index contributed by atoms with van der Waals surface area (Å²) in [5.74, 6) is 0. The Kier molecular flexibility index (Phi) is 2.18. The molecule has 0 saturated carbocycles. The van der Waals surface area contributed by atoms with Crippen LogP contribution in [-0.2, 0) is 4.84 Å². The van der Waals surface area contributed by atoms with E-state index in [4.69, 9.17) is 9.94 Å². The zero-order valence-electron chi connectivity index (χ0n) is 7.29. The van der Waals surface area contributed by atoms with Crippen LogP contribution in [0.4, 0.5) is 0 Å². The second-order valence-corrected chi connectivity index (χ2v) is 3.90. The zero-order valence-corrected chi connectivity index (χ0v) is 7.29. The van der Waals surface area contributed by atoms with Crippen molar-refractivity contribution in [3.8, 4) is 0 Å². The molecule has 0 fully saturated rings. The predicted molar refractivity (Wildman–Crippen MR) is 43.5 cm³/mol. The van der Waals surface area contributed by atoms with Gasteiger partial charge in [0.15, 0.2) is 6.10 Å². The van der Waals surface area contributed by atoms with E-state index in [1.807, 2.05) is 0 Å².